The lowest BCUT2D eigenvalue weighted by atomic mass is 9.94. The van der Waals surface area contributed by atoms with Crippen molar-refractivity contribution in [3.05, 3.63) is 45.7 Å². The SMILES string of the molecule is CCCC1CCCN(c2nccc(/C=C3\SC(=O)CC3=O)n2)C1.CN(CC1CCCNC1)c1nccc(/C=C2\SC(=O)CC2=O)n1. The number of aromatic nitrogens is 4. The summed E-state index contributed by atoms with van der Waals surface area (Å²) in [5.74, 6) is 2.45. The van der Waals surface area contributed by atoms with Crippen LogP contribution in [0.1, 0.15) is 69.7 Å². The normalized spacial score (nSPS) is 23.7. The van der Waals surface area contributed by atoms with Gasteiger partial charge in [-0.25, -0.2) is 19.9 Å². The molecule has 6 heterocycles. The maximum atomic E-state index is 11.7. The summed E-state index contributed by atoms with van der Waals surface area (Å²) in [4.78, 5) is 69.1. The molecule has 4 saturated heterocycles. The van der Waals surface area contributed by atoms with Crippen LogP contribution in [0.15, 0.2) is 34.3 Å². The number of Topliss-reactive ketones (excluding diaryl/α,β-unsaturated/α-hetero) is 2. The Bertz CT molecular complexity index is 1500. The lowest BCUT2D eigenvalue weighted by Gasteiger charge is -2.32. The van der Waals surface area contributed by atoms with E-state index in [0.717, 1.165) is 62.2 Å². The molecule has 4 aliphatic heterocycles. The molecule has 4 fully saturated rings. The Morgan fingerprint density at radius 1 is 0.913 bits per heavy atom. The van der Waals surface area contributed by atoms with Crippen molar-refractivity contribution in [2.45, 2.75) is 58.3 Å². The fourth-order valence-corrected chi connectivity index (χ4v) is 7.64. The van der Waals surface area contributed by atoms with Gasteiger partial charge in [0.15, 0.2) is 11.6 Å². The molecular weight excluding hydrogens is 623 g/mol. The van der Waals surface area contributed by atoms with Crippen molar-refractivity contribution in [1.82, 2.24) is 25.3 Å². The smallest absolute Gasteiger partial charge is 0.225 e. The minimum atomic E-state index is -0.123. The van der Waals surface area contributed by atoms with Gasteiger partial charge in [-0.15, -0.1) is 0 Å². The second kappa shape index (κ2) is 16.4. The summed E-state index contributed by atoms with van der Waals surface area (Å²) in [6.07, 6.45) is 14.1. The van der Waals surface area contributed by atoms with Crippen LogP contribution >= 0.6 is 23.5 Å². The van der Waals surface area contributed by atoms with Crippen molar-refractivity contribution < 1.29 is 19.2 Å². The number of hydrogen-bond acceptors (Lipinski definition) is 13. The van der Waals surface area contributed by atoms with E-state index in [4.69, 9.17) is 0 Å². The minimum Gasteiger partial charge on any atom is -0.344 e. The standard InChI is InChI=1S/C17H21N3O2S.C16H20N4O2S/c1-2-4-12-5-3-8-20(11-12)17-18-7-6-13(19-17)9-15-14(21)10-16(22)23-15;1-20(10-11-3-2-5-17-9-11)16-18-6-4-12(19-16)7-14-13(21)8-15(22)23-14/h6-7,9,12H,2-5,8,10-11H2,1H3;4,6-7,11,17H,2-3,5,8-10H2,1H3/b15-9-;14-7-. The van der Waals surface area contributed by atoms with Gasteiger partial charge in [0, 0.05) is 39.1 Å². The number of nitrogens with one attached hydrogen (secondary N) is 1. The Morgan fingerprint density at radius 2 is 1.57 bits per heavy atom. The van der Waals surface area contributed by atoms with Crippen LogP contribution in [0.3, 0.4) is 0 Å². The number of thioether (sulfide) groups is 2. The number of anilines is 2. The van der Waals surface area contributed by atoms with E-state index >= 15 is 0 Å². The largest absolute Gasteiger partial charge is 0.344 e. The van der Waals surface area contributed by atoms with Gasteiger partial charge in [-0.2, -0.15) is 0 Å². The zero-order valence-electron chi connectivity index (χ0n) is 26.4. The van der Waals surface area contributed by atoms with Crippen LogP contribution in [0.25, 0.3) is 12.2 Å². The summed E-state index contributed by atoms with van der Waals surface area (Å²) in [5, 5.41) is 3.22. The third-order valence-electron chi connectivity index (χ3n) is 8.26. The second-order valence-corrected chi connectivity index (χ2v) is 14.3. The molecule has 0 bridgehead atoms. The lowest BCUT2D eigenvalue weighted by molar-refractivity contribution is -0.120. The quantitative estimate of drug-likeness (QED) is 0.312. The van der Waals surface area contributed by atoms with E-state index in [1.807, 2.05) is 7.05 Å². The Balaban J connectivity index is 0.000000181. The Kier molecular flexibility index (Phi) is 12.1. The molecule has 2 aromatic rings. The summed E-state index contributed by atoms with van der Waals surface area (Å²) in [5.41, 5.74) is 1.35. The van der Waals surface area contributed by atoms with Crippen LogP contribution in [-0.4, -0.2) is 81.5 Å². The average molecular weight is 664 g/mol. The second-order valence-electron chi connectivity index (χ2n) is 12.1. The fraction of sp³-hybridized carbons (Fsp3) is 0.515. The van der Waals surface area contributed by atoms with Crippen LogP contribution in [-0.2, 0) is 19.2 Å². The Morgan fingerprint density at radius 3 is 2.17 bits per heavy atom. The van der Waals surface area contributed by atoms with Crippen molar-refractivity contribution in [2.24, 2.45) is 11.8 Å². The lowest BCUT2D eigenvalue weighted by Crippen LogP contribution is -2.37. The zero-order chi connectivity index (χ0) is 32.5. The summed E-state index contributed by atoms with van der Waals surface area (Å²) in [7, 11) is 1.99. The van der Waals surface area contributed by atoms with Crippen molar-refractivity contribution >= 4 is 69.4 Å². The van der Waals surface area contributed by atoms with Crippen LogP contribution in [0.5, 0.6) is 0 Å². The van der Waals surface area contributed by atoms with Gasteiger partial charge in [-0.05, 0) is 105 Å². The van der Waals surface area contributed by atoms with E-state index < -0.39 is 0 Å². The topological polar surface area (TPSA) is 138 Å². The monoisotopic (exact) mass is 663 g/mol. The van der Waals surface area contributed by atoms with Gasteiger partial charge in [0.1, 0.15) is 0 Å². The molecule has 2 aromatic heterocycles. The number of hydrogen-bond donors (Lipinski definition) is 1. The molecule has 0 aliphatic carbocycles. The van der Waals surface area contributed by atoms with E-state index in [0.29, 0.717) is 39.0 Å². The summed E-state index contributed by atoms with van der Waals surface area (Å²) < 4.78 is 0. The molecule has 0 amide bonds. The highest BCUT2D eigenvalue weighted by Gasteiger charge is 2.27. The molecule has 1 N–H and O–H groups in total. The van der Waals surface area contributed by atoms with Gasteiger partial charge < -0.3 is 15.1 Å². The van der Waals surface area contributed by atoms with Crippen LogP contribution in [0.2, 0.25) is 0 Å². The van der Waals surface area contributed by atoms with Crippen LogP contribution < -0.4 is 15.1 Å². The van der Waals surface area contributed by atoms with Gasteiger partial charge in [-0.1, -0.05) is 13.3 Å². The van der Waals surface area contributed by atoms with Gasteiger partial charge in [0.25, 0.3) is 0 Å². The van der Waals surface area contributed by atoms with E-state index in [1.165, 1.54) is 38.5 Å². The van der Waals surface area contributed by atoms with Crippen molar-refractivity contribution in [2.75, 3.05) is 49.6 Å². The molecule has 4 aliphatic rings. The predicted molar refractivity (Wildman–Crippen MR) is 183 cm³/mol. The number of rotatable bonds is 8. The molecule has 0 spiro atoms. The van der Waals surface area contributed by atoms with E-state index in [1.54, 1.807) is 36.7 Å². The molecule has 244 valence electrons. The Labute approximate surface area is 278 Å². The third-order valence-corrected chi connectivity index (χ3v) is 10.1. The molecule has 0 saturated carbocycles. The number of allylic oxidation sites excluding steroid dienone is 2. The molecule has 2 unspecified atom stereocenters. The highest BCUT2D eigenvalue weighted by molar-refractivity contribution is 8.19. The zero-order valence-corrected chi connectivity index (χ0v) is 28.1. The maximum Gasteiger partial charge on any atom is 0.225 e. The van der Waals surface area contributed by atoms with Gasteiger partial charge >= 0.3 is 0 Å². The molecule has 2 atom stereocenters. The van der Waals surface area contributed by atoms with Crippen molar-refractivity contribution in [3.63, 3.8) is 0 Å². The van der Waals surface area contributed by atoms with Crippen LogP contribution in [0.4, 0.5) is 11.9 Å². The molecule has 46 heavy (non-hydrogen) atoms. The first kappa shape index (κ1) is 33.9. The fourth-order valence-electron chi connectivity index (χ4n) is 6.02. The highest BCUT2D eigenvalue weighted by atomic mass is 32.2. The number of carbonyl (C=O) groups excluding carboxylic acids is 4. The van der Waals surface area contributed by atoms with E-state index in [9.17, 15) is 19.2 Å². The van der Waals surface area contributed by atoms with Gasteiger partial charge in [0.2, 0.25) is 22.1 Å². The summed E-state index contributed by atoms with van der Waals surface area (Å²) >= 11 is 2.02. The molecule has 6 rings (SSSR count). The molecule has 0 aromatic carbocycles. The Hall–Kier alpha value is -3.42. The molecule has 11 nitrogen and oxygen atoms in total. The first-order chi connectivity index (χ1) is 22.3. The number of nitrogens with zero attached hydrogens (tertiary/aromatic N) is 6. The average Bonchev–Trinajstić information content (AvgIpc) is 3.55. The summed E-state index contributed by atoms with van der Waals surface area (Å²) in [6.45, 7) is 7.23. The number of carbonyl (C=O) groups is 4. The molecule has 0 radical (unpaired) electrons. The third kappa shape index (κ3) is 9.55. The number of ketones is 2. The van der Waals surface area contributed by atoms with Crippen molar-refractivity contribution in [1.29, 1.82) is 0 Å². The highest BCUT2D eigenvalue weighted by Crippen LogP contribution is 2.31. The van der Waals surface area contributed by atoms with Crippen LogP contribution in [0, 0.1) is 11.8 Å². The van der Waals surface area contributed by atoms with E-state index in [-0.39, 0.29) is 34.6 Å². The molecular formula is C33H41N7O4S2. The van der Waals surface area contributed by atoms with E-state index in [2.05, 4.69) is 42.0 Å². The number of piperidine rings is 2. The summed E-state index contributed by atoms with van der Waals surface area (Å²) in [6, 6.07) is 3.53. The first-order valence-corrected chi connectivity index (χ1v) is 17.6. The van der Waals surface area contributed by atoms with Gasteiger partial charge in [-0.3, -0.25) is 19.2 Å². The minimum absolute atomic E-state index is 0.000731. The predicted octanol–water partition coefficient (Wildman–Crippen LogP) is 4.55. The van der Waals surface area contributed by atoms with Gasteiger partial charge in [0.05, 0.1) is 34.0 Å². The van der Waals surface area contributed by atoms with Crippen molar-refractivity contribution in [3.8, 4) is 0 Å². The first-order valence-electron chi connectivity index (χ1n) is 16.0. The maximum absolute atomic E-state index is 11.7. The molecule has 13 heteroatoms.